The fourth-order valence-corrected chi connectivity index (χ4v) is 3.47. The molecule has 0 fully saturated rings. The standard InChI is InChI=1S/C8H6BrClN2OP/c1-14(2)8-5(9)4-6(10)11-3-12-7(4)13-8/h3H,1H2,2H3/q+1. The van der Waals surface area contributed by atoms with E-state index in [0.717, 1.165) is 15.4 Å². The highest BCUT2D eigenvalue weighted by Gasteiger charge is 2.22. The van der Waals surface area contributed by atoms with Gasteiger partial charge in [-0.2, -0.15) is 0 Å². The Hall–Kier alpha value is -0.440. The Morgan fingerprint density at radius 3 is 2.86 bits per heavy atom. The topological polar surface area (TPSA) is 38.9 Å². The number of nitrogens with zero attached hydrogens (tertiary/aromatic N) is 2. The Morgan fingerprint density at radius 2 is 2.29 bits per heavy atom. The van der Waals surface area contributed by atoms with Crippen molar-refractivity contribution in [3.63, 3.8) is 0 Å². The van der Waals surface area contributed by atoms with E-state index >= 15 is 0 Å². The number of hydrogen-bond acceptors (Lipinski definition) is 3. The summed E-state index contributed by atoms with van der Waals surface area (Å²) in [4.78, 5) is 7.89. The Morgan fingerprint density at radius 1 is 1.57 bits per heavy atom. The van der Waals surface area contributed by atoms with Crippen LogP contribution in [0, 0.1) is 0 Å². The highest BCUT2D eigenvalue weighted by molar-refractivity contribution is 9.10. The van der Waals surface area contributed by atoms with Crippen LogP contribution in [0.15, 0.2) is 15.2 Å². The number of fused-ring (bicyclic) bond motifs is 1. The molecule has 0 saturated heterocycles. The van der Waals surface area contributed by atoms with E-state index < -0.39 is 7.55 Å². The first-order valence-electron chi connectivity index (χ1n) is 3.74. The molecule has 6 heteroatoms. The van der Waals surface area contributed by atoms with Crippen molar-refractivity contribution >= 4 is 58.0 Å². The van der Waals surface area contributed by atoms with Crippen LogP contribution in [0.5, 0.6) is 0 Å². The zero-order valence-corrected chi connectivity index (χ0v) is 10.5. The van der Waals surface area contributed by atoms with Crippen LogP contribution in [0.4, 0.5) is 0 Å². The SMILES string of the molecule is C=[P+](C)c1oc2ncnc(Cl)c2c1Br. The lowest BCUT2D eigenvalue weighted by Crippen LogP contribution is -1.90. The predicted molar refractivity (Wildman–Crippen MR) is 64.1 cm³/mol. The summed E-state index contributed by atoms with van der Waals surface area (Å²) in [6.07, 6.45) is 5.32. The summed E-state index contributed by atoms with van der Waals surface area (Å²) < 4.78 is 6.35. The van der Waals surface area contributed by atoms with Gasteiger partial charge >= 0.3 is 5.50 Å². The van der Waals surface area contributed by atoms with Crippen molar-refractivity contribution in [1.82, 2.24) is 9.97 Å². The largest absolute Gasteiger partial charge is 0.401 e. The monoisotopic (exact) mass is 291 g/mol. The summed E-state index contributed by atoms with van der Waals surface area (Å²) in [6, 6.07) is 0. The summed E-state index contributed by atoms with van der Waals surface area (Å²) in [5, 5.41) is 1.12. The van der Waals surface area contributed by atoms with Crippen molar-refractivity contribution in [2.75, 3.05) is 6.66 Å². The molecule has 0 amide bonds. The molecular formula is C8H6BrClN2OP+. The van der Waals surface area contributed by atoms with Gasteiger partial charge in [0.25, 0.3) is 0 Å². The first kappa shape index (κ1) is 10.1. The van der Waals surface area contributed by atoms with Gasteiger partial charge in [-0.1, -0.05) is 11.6 Å². The minimum absolute atomic E-state index is 0.397. The fraction of sp³-hybridized carbons (Fsp3) is 0.125. The minimum Gasteiger partial charge on any atom is -0.401 e. The van der Waals surface area contributed by atoms with Crippen molar-refractivity contribution in [3.8, 4) is 0 Å². The van der Waals surface area contributed by atoms with E-state index in [1.54, 1.807) is 0 Å². The molecule has 3 nitrogen and oxygen atoms in total. The third-order valence-corrected chi connectivity index (χ3v) is 4.07. The average molecular weight is 292 g/mol. The fourth-order valence-electron chi connectivity index (χ4n) is 1.10. The van der Waals surface area contributed by atoms with E-state index in [0.29, 0.717) is 10.9 Å². The van der Waals surface area contributed by atoms with Crippen LogP contribution < -0.4 is 5.50 Å². The van der Waals surface area contributed by atoms with Gasteiger partial charge in [-0.3, -0.25) is 0 Å². The third-order valence-electron chi connectivity index (χ3n) is 1.71. The van der Waals surface area contributed by atoms with E-state index in [1.807, 2.05) is 6.66 Å². The third kappa shape index (κ3) is 1.48. The van der Waals surface area contributed by atoms with Gasteiger partial charge in [-0.05, 0) is 15.9 Å². The Balaban J connectivity index is 2.87. The first-order chi connectivity index (χ1) is 6.61. The molecule has 0 aliphatic rings. The maximum atomic E-state index is 5.93. The molecule has 0 N–H and O–H groups in total. The van der Waals surface area contributed by atoms with Crippen molar-refractivity contribution in [2.24, 2.45) is 0 Å². The number of aromatic nitrogens is 2. The molecule has 2 aromatic heterocycles. The van der Waals surface area contributed by atoms with Gasteiger partial charge in [0.15, 0.2) is 7.55 Å². The predicted octanol–water partition coefficient (Wildman–Crippen LogP) is 2.81. The first-order valence-corrected chi connectivity index (χ1v) is 6.88. The number of furan rings is 1. The molecular weight excluding hydrogens is 286 g/mol. The van der Waals surface area contributed by atoms with Gasteiger partial charge < -0.3 is 4.42 Å². The lowest BCUT2D eigenvalue weighted by Gasteiger charge is -1.88. The molecule has 2 rings (SSSR count). The molecule has 0 aliphatic carbocycles. The van der Waals surface area contributed by atoms with Gasteiger partial charge in [-0.25, -0.2) is 9.97 Å². The van der Waals surface area contributed by atoms with E-state index in [9.17, 15) is 0 Å². The van der Waals surface area contributed by atoms with Crippen LogP contribution in [0.2, 0.25) is 5.15 Å². The zero-order chi connectivity index (χ0) is 10.3. The van der Waals surface area contributed by atoms with Crippen molar-refractivity contribution in [3.05, 3.63) is 16.0 Å². The van der Waals surface area contributed by atoms with Crippen molar-refractivity contribution in [1.29, 1.82) is 0 Å². The summed E-state index contributed by atoms with van der Waals surface area (Å²) in [5.41, 5.74) is 1.31. The van der Waals surface area contributed by atoms with Crippen molar-refractivity contribution < 1.29 is 4.42 Å². The minimum atomic E-state index is -0.566. The maximum absolute atomic E-state index is 5.93. The van der Waals surface area contributed by atoms with Crippen LogP contribution in [0.3, 0.4) is 0 Å². The quantitative estimate of drug-likeness (QED) is 0.599. The molecule has 0 radical (unpaired) electrons. The molecule has 0 spiro atoms. The summed E-state index contributed by atoms with van der Waals surface area (Å²) in [5.74, 6) is 0. The average Bonchev–Trinajstić information content (AvgIpc) is 2.45. The molecule has 0 aromatic carbocycles. The summed E-state index contributed by atoms with van der Waals surface area (Å²) >= 11 is 9.35. The van der Waals surface area contributed by atoms with E-state index in [2.05, 4.69) is 32.2 Å². The number of hydrogen-bond donors (Lipinski definition) is 0. The lowest BCUT2D eigenvalue weighted by atomic mass is 10.4. The zero-order valence-electron chi connectivity index (χ0n) is 7.29. The van der Waals surface area contributed by atoms with Crippen LogP contribution in [-0.2, 0) is 0 Å². The van der Waals surface area contributed by atoms with E-state index in [1.165, 1.54) is 6.33 Å². The van der Waals surface area contributed by atoms with Crippen LogP contribution in [-0.4, -0.2) is 22.9 Å². The molecule has 1 atom stereocenters. The van der Waals surface area contributed by atoms with E-state index in [4.69, 9.17) is 16.0 Å². The highest BCUT2D eigenvalue weighted by Crippen LogP contribution is 2.32. The number of rotatable bonds is 1. The van der Waals surface area contributed by atoms with Gasteiger partial charge in [0, 0.05) is 0 Å². The van der Waals surface area contributed by atoms with Gasteiger partial charge in [0.2, 0.25) is 5.71 Å². The van der Waals surface area contributed by atoms with Gasteiger partial charge in [0.1, 0.15) is 22.6 Å². The van der Waals surface area contributed by atoms with Crippen LogP contribution in [0.1, 0.15) is 0 Å². The molecule has 72 valence electrons. The summed E-state index contributed by atoms with van der Waals surface area (Å²) in [7, 11) is -0.566. The second kappa shape index (κ2) is 3.61. The molecule has 2 heterocycles. The molecule has 14 heavy (non-hydrogen) atoms. The second-order valence-electron chi connectivity index (χ2n) is 2.76. The Labute approximate surface area is 95.0 Å². The molecule has 0 saturated carbocycles. The Kier molecular flexibility index (Phi) is 2.60. The normalized spacial score (nSPS) is 12.1. The second-order valence-corrected chi connectivity index (χ2v) is 5.72. The smallest absolute Gasteiger partial charge is 0.319 e. The van der Waals surface area contributed by atoms with Gasteiger partial charge in [-0.15, -0.1) is 0 Å². The van der Waals surface area contributed by atoms with Gasteiger partial charge in [0.05, 0.1) is 11.7 Å². The molecule has 1 unspecified atom stereocenters. The molecule has 2 aromatic rings. The molecule has 0 aliphatic heterocycles. The van der Waals surface area contributed by atoms with Crippen molar-refractivity contribution in [2.45, 2.75) is 0 Å². The molecule has 0 bridgehead atoms. The lowest BCUT2D eigenvalue weighted by molar-refractivity contribution is 0.638. The van der Waals surface area contributed by atoms with Crippen LogP contribution >= 0.6 is 35.1 Å². The summed E-state index contributed by atoms with van der Waals surface area (Å²) in [6.45, 7) is 2.00. The Bertz CT molecular complexity index is 525. The van der Waals surface area contributed by atoms with Crippen LogP contribution in [0.25, 0.3) is 11.1 Å². The highest BCUT2D eigenvalue weighted by atomic mass is 79.9. The maximum Gasteiger partial charge on any atom is 0.319 e. The van der Waals surface area contributed by atoms with E-state index in [-0.39, 0.29) is 0 Å². The number of halogens is 2.